The molecule has 10 heteroatoms. The predicted molar refractivity (Wildman–Crippen MR) is 73.3 cm³/mol. The monoisotopic (exact) mass is 287 g/mol. The van der Waals surface area contributed by atoms with E-state index >= 15 is 0 Å². The lowest BCUT2D eigenvalue weighted by Gasteiger charge is -2.34. The summed E-state index contributed by atoms with van der Waals surface area (Å²) in [6, 6.07) is -0.545. The van der Waals surface area contributed by atoms with E-state index in [-0.39, 0.29) is 5.91 Å². The highest BCUT2D eigenvalue weighted by atomic mass is 16.2. The van der Waals surface area contributed by atoms with E-state index in [1.807, 2.05) is 11.9 Å². The van der Waals surface area contributed by atoms with Gasteiger partial charge < -0.3 is 5.32 Å². The van der Waals surface area contributed by atoms with Crippen molar-refractivity contribution in [3.63, 3.8) is 0 Å². The van der Waals surface area contributed by atoms with Crippen molar-refractivity contribution in [3.05, 3.63) is 24.0 Å². The quantitative estimate of drug-likeness (QED) is 0.683. The predicted octanol–water partition coefficient (Wildman–Crippen LogP) is -1.49. The topological polar surface area (TPSA) is 103 Å². The average Bonchev–Trinajstić information content (AvgIpc) is 3.16. The number of nitrogens with one attached hydrogen (secondary N) is 2. The number of rotatable bonds is 2. The molecule has 0 saturated carbocycles. The van der Waals surface area contributed by atoms with Crippen LogP contribution in [0.1, 0.15) is 13.3 Å². The van der Waals surface area contributed by atoms with Crippen LogP contribution in [0.25, 0.3) is 0 Å². The molecule has 0 aromatic carbocycles. The van der Waals surface area contributed by atoms with E-state index in [1.54, 1.807) is 16.2 Å². The normalized spacial score (nSPS) is 24.0. The highest BCUT2D eigenvalue weighted by Crippen LogP contribution is 2.24. The molecule has 1 aromatic rings. The minimum Gasteiger partial charge on any atom is -0.369 e. The molecule has 3 aliphatic rings. The van der Waals surface area contributed by atoms with Crippen LogP contribution < -0.4 is 16.0 Å². The molecule has 0 spiro atoms. The maximum absolute atomic E-state index is 11.9. The van der Waals surface area contributed by atoms with Crippen molar-refractivity contribution in [1.82, 2.24) is 30.7 Å². The summed E-state index contributed by atoms with van der Waals surface area (Å²) in [7, 11) is 0. The van der Waals surface area contributed by atoms with Crippen LogP contribution >= 0.6 is 0 Å². The number of aliphatic imine (C=N–C) groups is 2. The largest absolute Gasteiger partial charge is 0.369 e. The maximum Gasteiger partial charge on any atom is 0.277 e. The summed E-state index contributed by atoms with van der Waals surface area (Å²) in [5, 5.41) is 10.9. The Hall–Kier alpha value is -2.75. The molecular formula is C11H13N9O. The van der Waals surface area contributed by atoms with Gasteiger partial charge in [0.05, 0.1) is 12.2 Å². The molecule has 21 heavy (non-hydrogen) atoms. The van der Waals surface area contributed by atoms with E-state index in [2.05, 4.69) is 30.9 Å². The summed E-state index contributed by atoms with van der Waals surface area (Å²) in [4.78, 5) is 25.4. The third kappa shape index (κ3) is 1.72. The number of amides is 1. The van der Waals surface area contributed by atoms with Gasteiger partial charge in [-0.2, -0.15) is 4.99 Å². The summed E-state index contributed by atoms with van der Waals surface area (Å²) in [5.41, 5.74) is 5.16. The Morgan fingerprint density at radius 1 is 1.48 bits per heavy atom. The first-order chi connectivity index (χ1) is 10.3. The third-order valence-electron chi connectivity index (χ3n) is 3.57. The second-order valence-electron chi connectivity index (χ2n) is 4.74. The number of hydrogen-bond donors (Lipinski definition) is 2. The van der Waals surface area contributed by atoms with E-state index in [0.29, 0.717) is 12.4 Å². The van der Waals surface area contributed by atoms with Crippen LogP contribution in [0.5, 0.6) is 0 Å². The Balaban J connectivity index is 1.74. The van der Waals surface area contributed by atoms with Gasteiger partial charge in [-0.3, -0.25) is 4.79 Å². The number of hydrogen-bond acceptors (Lipinski definition) is 8. The van der Waals surface area contributed by atoms with Crippen LogP contribution in [0, 0.1) is 0 Å². The molecule has 3 aliphatic heterocycles. The molecule has 2 N–H and O–H groups in total. The van der Waals surface area contributed by atoms with Gasteiger partial charge in [0.2, 0.25) is 0 Å². The van der Waals surface area contributed by atoms with Crippen molar-refractivity contribution in [2.24, 2.45) is 9.98 Å². The van der Waals surface area contributed by atoms with Crippen LogP contribution in [-0.4, -0.2) is 50.6 Å². The number of amidine groups is 1. The van der Waals surface area contributed by atoms with Crippen LogP contribution in [-0.2, 0) is 4.79 Å². The fraction of sp³-hybridized carbons (Fsp3) is 0.364. The van der Waals surface area contributed by atoms with Crippen molar-refractivity contribution in [2.75, 3.05) is 11.7 Å². The van der Waals surface area contributed by atoms with Gasteiger partial charge in [-0.05, 0) is 6.42 Å². The fourth-order valence-corrected chi connectivity index (χ4v) is 2.57. The first-order valence-electron chi connectivity index (χ1n) is 6.59. The lowest BCUT2D eigenvalue weighted by atomic mass is 10.1. The minimum atomic E-state index is -0.545. The average molecular weight is 287 g/mol. The molecule has 4 heterocycles. The van der Waals surface area contributed by atoms with Gasteiger partial charge in [-0.15, -0.1) is 15.4 Å². The standard InChI is InChI=1S/C11H13N9O/c1-2-7-8-3-18(19-6-12-4-15-19)17-20(8)10-9(16-7)11(21)14-5-13-10/h4-6,9,16-17H,2-3H2,1H3. The van der Waals surface area contributed by atoms with E-state index < -0.39 is 6.04 Å². The number of allylic oxidation sites excluding steroid dienone is 1. The zero-order chi connectivity index (χ0) is 14.4. The molecule has 1 amide bonds. The summed E-state index contributed by atoms with van der Waals surface area (Å²) in [6.07, 6.45) is 5.12. The van der Waals surface area contributed by atoms with Gasteiger partial charge in [0.1, 0.15) is 19.0 Å². The zero-order valence-corrected chi connectivity index (χ0v) is 11.3. The van der Waals surface area contributed by atoms with E-state index in [4.69, 9.17) is 0 Å². The molecule has 108 valence electrons. The molecule has 1 unspecified atom stereocenters. The third-order valence-corrected chi connectivity index (χ3v) is 3.57. The van der Waals surface area contributed by atoms with Gasteiger partial charge in [0, 0.05) is 5.70 Å². The van der Waals surface area contributed by atoms with Crippen LogP contribution in [0.15, 0.2) is 34.0 Å². The van der Waals surface area contributed by atoms with E-state index in [1.165, 1.54) is 12.7 Å². The lowest BCUT2D eigenvalue weighted by molar-refractivity contribution is -0.118. The van der Waals surface area contributed by atoms with Crippen LogP contribution in [0.3, 0.4) is 0 Å². The first kappa shape index (κ1) is 12.0. The van der Waals surface area contributed by atoms with Gasteiger partial charge in [-0.1, -0.05) is 6.92 Å². The number of carbonyl (C=O) groups is 1. The van der Waals surface area contributed by atoms with Crippen molar-refractivity contribution >= 4 is 18.1 Å². The van der Waals surface area contributed by atoms with E-state index in [9.17, 15) is 4.79 Å². The molecule has 1 aromatic heterocycles. The molecular weight excluding hydrogens is 274 g/mol. The smallest absolute Gasteiger partial charge is 0.277 e. The molecule has 1 fully saturated rings. The highest BCUT2D eigenvalue weighted by molar-refractivity contribution is 6.15. The van der Waals surface area contributed by atoms with E-state index in [0.717, 1.165) is 17.8 Å². The minimum absolute atomic E-state index is 0.244. The Kier molecular flexibility index (Phi) is 2.51. The fourth-order valence-electron chi connectivity index (χ4n) is 2.57. The van der Waals surface area contributed by atoms with Gasteiger partial charge >= 0.3 is 0 Å². The van der Waals surface area contributed by atoms with Gasteiger partial charge in [-0.25, -0.2) is 20.1 Å². The number of nitrogens with zero attached hydrogens (tertiary/aromatic N) is 7. The number of fused-ring (bicyclic) bond motifs is 3. The lowest BCUT2D eigenvalue weighted by Crippen LogP contribution is -2.58. The van der Waals surface area contributed by atoms with Crippen molar-refractivity contribution in [2.45, 2.75) is 19.4 Å². The summed E-state index contributed by atoms with van der Waals surface area (Å²) in [5.74, 6) is 0.343. The maximum atomic E-state index is 11.9. The molecule has 10 nitrogen and oxygen atoms in total. The Morgan fingerprint density at radius 2 is 2.38 bits per heavy atom. The Bertz CT molecular complexity index is 674. The zero-order valence-electron chi connectivity index (χ0n) is 11.3. The van der Waals surface area contributed by atoms with Crippen molar-refractivity contribution in [1.29, 1.82) is 0 Å². The number of aromatic nitrogens is 3. The Labute approximate surface area is 119 Å². The molecule has 1 saturated heterocycles. The SMILES string of the molecule is CCC1=C2CN(n3cncn3)NN2C2=NC=NC(=O)C2N1. The molecule has 0 aliphatic carbocycles. The second-order valence-corrected chi connectivity index (χ2v) is 4.74. The highest BCUT2D eigenvalue weighted by Gasteiger charge is 2.42. The van der Waals surface area contributed by atoms with Gasteiger partial charge in [0.15, 0.2) is 11.9 Å². The number of hydrazine groups is 2. The Morgan fingerprint density at radius 3 is 3.14 bits per heavy atom. The van der Waals surface area contributed by atoms with Crippen LogP contribution in [0.2, 0.25) is 0 Å². The molecule has 0 radical (unpaired) electrons. The summed E-state index contributed by atoms with van der Waals surface area (Å²) >= 11 is 0. The van der Waals surface area contributed by atoms with Crippen molar-refractivity contribution in [3.8, 4) is 0 Å². The second kappa shape index (κ2) is 4.38. The number of carbonyl (C=O) groups excluding carboxylic acids is 1. The van der Waals surface area contributed by atoms with Crippen molar-refractivity contribution < 1.29 is 4.79 Å². The molecule has 4 rings (SSSR count). The first-order valence-corrected chi connectivity index (χ1v) is 6.59. The van der Waals surface area contributed by atoms with Crippen LogP contribution in [0.4, 0.5) is 0 Å². The molecule has 0 bridgehead atoms. The summed E-state index contributed by atoms with van der Waals surface area (Å²) in [6.45, 7) is 2.61. The van der Waals surface area contributed by atoms with Gasteiger partial charge in [0.25, 0.3) is 5.91 Å². The molecule has 1 atom stereocenters. The summed E-state index contributed by atoms with van der Waals surface area (Å²) < 4.78 is 0.